The lowest BCUT2D eigenvalue weighted by molar-refractivity contribution is 0.122. The van der Waals surface area contributed by atoms with E-state index >= 15 is 0 Å². The van der Waals surface area contributed by atoms with Gasteiger partial charge in [-0.05, 0) is 65.4 Å². The van der Waals surface area contributed by atoms with E-state index in [1.165, 1.54) is 28.1 Å². The Hall–Kier alpha value is -4.15. The van der Waals surface area contributed by atoms with Crippen LogP contribution in [-0.2, 0) is 9.47 Å². The molecule has 2 aliphatic heterocycles. The molecular weight excluding hydrogens is 506 g/mol. The van der Waals surface area contributed by atoms with Gasteiger partial charge < -0.3 is 19.3 Å². The van der Waals surface area contributed by atoms with Gasteiger partial charge in [0.15, 0.2) is 0 Å². The average Bonchev–Trinajstić information content (AvgIpc) is 3.06. The summed E-state index contributed by atoms with van der Waals surface area (Å²) in [5.41, 5.74) is 9.21. The second-order valence-corrected chi connectivity index (χ2v) is 10.6. The van der Waals surface area contributed by atoms with Crippen molar-refractivity contribution in [1.82, 2.24) is 0 Å². The number of para-hydroxylation sites is 1. The second kappa shape index (κ2) is 13.0. The van der Waals surface area contributed by atoms with Crippen molar-refractivity contribution in [1.29, 1.82) is 0 Å². The summed E-state index contributed by atoms with van der Waals surface area (Å²) >= 11 is 0. The molecule has 0 aromatic heterocycles. The number of hydrogen-bond donors (Lipinski definition) is 0. The Bertz CT molecular complexity index is 1420. The lowest BCUT2D eigenvalue weighted by Crippen LogP contribution is -2.36. The Morgan fingerprint density at radius 2 is 1.12 bits per heavy atom. The highest BCUT2D eigenvalue weighted by atomic mass is 16.5. The molecule has 5 nitrogen and oxygen atoms in total. The highest BCUT2D eigenvalue weighted by Gasteiger charge is 2.21. The van der Waals surface area contributed by atoms with Crippen molar-refractivity contribution < 1.29 is 9.47 Å². The Morgan fingerprint density at radius 3 is 1.66 bits per heavy atom. The molecule has 0 amide bonds. The minimum atomic E-state index is 0.0336. The van der Waals surface area contributed by atoms with Gasteiger partial charge in [0.25, 0.3) is 0 Å². The monoisotopic (exact) mass is 543 g/mol. The lowest BCUT2D eigenvalue weighted by Gasteiger charge is -2.30. The van der Waals surface area contributed by atoms with E-state index in [0.29, 0.717) is 0 Å². The first-order chi connectivity index (χ1) is 20.3. The van der Waals surface area contributed by atoms with Crippen LogP contribution in [0.3, 0.4) is 0 Å². The highest BCUT2D eigenvalue weighted by Crippen LogP contribution is 2.38. The zero-order valence-corrected chi connectivity index (χ0v) is 23.7. The molecule has 0 aliphatic carbocycles. The van der Waals surface area contributed by atoms with E-state index in [1.807, 2.05) is 18.2 Å². The fraction of sp³-hybridized carbons (Fsp3) is 0.278. The molecule has 5 heteroatoms. The Balaban J connectivity index is 1.38. The van der Waals surface area contributed by atoms with E-state index in [4.69, 9.17) is 14.5 Å². The fourth-order valence-electron chi connectivity index (χ4n) is 5.68. The summed E-state index contributed by atoms with van der Waals surface area (Å²) in [6.45, 7) is 8.89. The van der Waals surface area contributed by atoms with Crippen molar-refractivity contribution in [3.05, 3.63) is 125 Å². The standard InChI is InChI=1S/C36H37N3O2/c1-28(29-7-3-2-4-8-29)27-37-35-10-6-5-9-34(35)36(30-11-15-32(16-12-30)38-19-23-40-24-20-38)31-13-17-33(18-14-31)39-21-25-41-26-22-39/h2-18,36H,19-26H2,1H3. The molecule has 0 atom stereocenters. The predicted octanol–water partition coefficient (Wildman–Crippen LogP) is 6.94. The van der Waals surface area contributed by atoms with Gasteiger partial charge in [-0.15, -0.1) is 0 Å². The van der Waals surface area contributed by atoms with Gasteiger partial charge in [-0.2, -0.15) is 0 Å². The fourth-order valence-corrected chi connectivity index (χ4v) is 5.68. The maximum Gasteiger partial charge on any atom is 0.0771 e. The largest absolute Gasteiger partial charge is 0.378 e. The highest BCUT2D eigenvalue weighted by molar-refractivity contribution is 5.90. The SMILES string of the molecule is CC(=C=Nc1ccccc1C(c1ccc(N2CCOCC2)cc1)c1ccc(N2CCOCC2)cc1)c1ccccc1. The van der Waals surface area contributed by atoms with Crippen LogP contribution in [0.25, 0.3) is 5.57 Å². The molecule has 0 N–H and O–H groups in total. The number of ether oxygens (including phenoxy) is 2. The smallest absolute Gasteiger partial charge is 0.0771 e. The molecular formula is C36H37N3O2. The van der Waals surface area contributed by atoms with Crippen LogP contribution in [0, 0.1) is 0 Å². The van der Waals surface area contributed by atoms with Crippen molar-refractivity contribution in [3.8, 4) is 0 Å². The first-order valence-corrected chi connectivity index (χ1v) is 14.6. The molecule has 0 radical (unpaired) electrons. The third-order valence-electron chi connectivity index (χ3n) is 8.00. The Morgan fingerprint density at radius 1 is 0.634 bits per heavy atom. The van der Waals surface area contributed by atoms with Crippen molar-refractivity contribution in [2.45, 2.75) is 12.8 Å². The Labute approximate surface area is 243 Å². The van der Waals surface area contributed by atoms with E-state index in [-0.39, 0.29) is 5.92 Å². The van der Waals surface area contributed by atoms with E-state index in [2.05, 4.69) is 108 Å². The quantitative estimate of drug-likeness (QED) is 0.187. The topological polar surface area (TPSA) is 37.3 Å². The summed E-state index contributed by atoms with van der Waals surface area (Å²) in [7, 11) is 0. The minimum absolute atomic E-state index is 0.0336. The normalized spacial score (nSPS) is 15.5. The van der Waals surface area contributed by atoms with Gasteiger partial charge in [0.05, 0.1) is 32.1 Å². The number of morpholine rings is 2. The van der Waals surface area contributed by atoms with Crippen molar-refractivity contribution in [2.75, 3.05) is 62.4 Å². The van der Waals surface area contributed by atoms with Gasteiger partial charge in [0, 0.05) is 49.0 Å². The van der Waals surface area contributed by atoms with Crippen LogP contribution < -0.4 is 9.80 Å². The summed E-state index contributed by atoms with van der Waals surface area (Å²) in [5, 5.41) is 0. The van der Waals surface area contributed by atoms with Crippen LogP contribution in [-0.4, -0.2) is 58.5 Å². The van der Waals surface area contributed by atoms with Crippen LogP contribution in [0.15, 0.2) is 108 Å². The van der Waals surface area contributed by atoms with E-state index < -0.39 is 0 Å². The first kappa shape index (κ1) is 27.0. The zero-order valence-electron chi connectivity index (χ0n) is 23.7. The molecule has 2 aliphatic rings. The summed E-state index contributed by atoms with van der Waals surface area (Å²) < 4.78 is 11.1. The number of hydrogen-bond acceptors (Lipinski definition) is 5. The van der Waals surface area contributed by atoms with E-state index in [9.17, 15) is 0 Å². The molecule has 6 rings (SSSR count). The van der Waals surface area contributed by atoms with Gasteiger partial charge in [-0.25, -0.2) is 4.99 Å². The third kappa shape index (κ3) is 6.44. The Kier molecular flexibility index (Phi) is 8.58. The summed E-state index contributed by atoms with van der Waals surface area (Å²) in [5.74, 6) is 3.36. The maximum absolute atomic E-state index is 5.56. The van der Waals surface area contributed by atoms with Gasteiger partial charge in [0.1, 0.15) is 0 Å². The van der Waals surface area contributed by atoms with Crippen LogP contribution >= 0.6 is 0 Å². The molecule has 0 bridgehead atoms. The minimum Gasteiger partial charge on any atom is -0.378 e. The van der Waals surface area contributed by atoms with Crippen molar-refractivity contribution >= 4 is 28.5 Å². The predicted molar refractivity (Wildman–Crippen MR) is 169 cm³/mol. The number of benzene rings is 4. The van der Waals surface area contributed by atoms with E-state index in [1.54, 1.807) is 0 Å². The van der Waals surface area contributed by atoms with Gasteiger partial charge >= 0.3 is 0 Å². The number of nitrogens with zero attached hydrogens (tertiary/aromatic N) is 3. The van der Waals surface area contributed by atoms with Gasteiger partial charge in [-0.3, -0.25) is 0 Å². The molecule has 4 aromatic rings. The molecule has 2 heterocycles. The molecule has 208 valence electrons. The molecule has 0 saturated carbocycles. The lowest BCUT2D eigenvalue weighted by atomic mass is 9.84. The molecule has 41 heavy (non-hydrogen) atoms. The zero-order chi connectivity index (χ0) is 27.9. The molecule has 4 aromatic carbocycles. The number of anilines is 2. The third-order valence-corrected chi connectivity index (χ3v) is 8.00. The average molecular weight is 544 g/mol. The van der Waals surface area contributed by atoms with Crippen LogP contribution in [0.4, 0.5) is 17.1 Å². The first-order valence-electron chi connectivity index (χ1n) is 14.6. The number of allylic oxidation sites excluding steroid dienone is 1. The van der Waals surface area contributed by atoms with Crippen LogP contribution in [0.1, 0.15) is 35.1 Å². The second-order valence-electron chi connectivity index (χ2n) is 10.6. The van der Waals surface area contributed by atoms with Crippen LogP contribution in [0.2, 0.25) is 0 Å². The molecule has 2 saturated heterocycles. The van der Waals surface area contributed by atoms with E-state index in [0.717, 1.165) is 69.4 Å². The van der Waals surface area contributed by atoms with Crippen molar-refractivity contribution in [3.63, 3.8) is 0 Å². The van der Waals surface area contributed by atoms with Crippen molar-refractivity contribution in [2.24, 2.45) is 4.99 Å². The summed E-state index contributed by atoms with van der Waals surface area (Å²) in [6.07, 6.45) is 0. The van der Waals surface area contributed by atoms with Gasteiger partial charge in [0.2, 0.25) is 0 Å². The van der Waals surface area contributed by atoms with Gasteiger partial charge in [-0.1, -0.05) is 72.8 Å². The summed E-state index contributed by atoms with van der Waals surface area (Å²) in [4.78, 5) is 9.70. The number of aliphatic imine (C=N–C) groups is 1. The van der Waals surface area contributed by atoms with Crippen LogP contribution in [0.5, 0.6) is 0 Å². The molecule has 0 unspecified atom stereocenters. The molecule has 0 spiro atoms. The molecule has 2 fully saturated rings. The summed E-state index contributed by atoms with van der Waals surface area (Å²) in [6, 6.07) is 36.9. The maximum atomic E-state index is 5.56. The number of rotatable bonds is 7.